The zero-order valence-electron chi connectivity index (χ0n) is 19.5. The van der Waals surface area contributed by atoms with E-state index in [9.17, 15) is 4.79 Å². The van der Waals surface area contributed by atoms with Gasteiger partial charge in [-0.2, -0.15) is 0 Å². The van der Waals surface area contributed by atoms with E-state index in [2.05, 4.69) is 68.5 Å². The van der Waals surface area contributed by atoms with Gasteiger partial charge in [-0.3, -0.25) is 4.79 Å². The molecule has 0 aliphatic carbocycles. The molecule has 0 radical (unpaired) electrons. The molecule has 1 fully saturated rings. The van der Waals surface area contributed by atoms with Crippen molar-refractivity contribution in [3.63, 3.8) is 0 Å². The molecular formula is C27H30N6O. The number of carbonyl (C=O) groups is 1. The first-order valence-corrected chi connectivity index (χ1v) is 11.8. The van der Waals surface area contributed by atoms with Crippen molar-refractivity contribution in [2.45, 2.75) is 38.8 Å². The van der Waals surface area contributed by atoms with Crippen LogP contribution in [-0.4, -0.2) is 43.3 Å². The number of benzene rings is 2. The number of hydrogen-bond acceptors (Lipinski definition) is 4. The summed E-state index contributed by atoms with van der Waals surface area (Å²) in [6.45, 7) is 4.69. The summed E-state index contributed by atoms with van der Waals surface area (Å²) in [5, 5.41) is 0. The highest BCUT2D eigenvalue weighted by Crippen LogP contribution is 2.33. The van der Waals surface area contributed by atoms with Gasteiger partial charge in [0.2, 0.25) is 5.91 Å². The number of nitrogens with two attached hydrogens (primary N) is 1. The highest BCUT2D eigenvalue weighted by atomic mass is 16.2. The molecule has 2 aromatic heterocycles. The first kappa shape index (κ1) is 22.1. The average Bonchev–Trinajstić information content (AvgIpc) is 3.64. The summed E-state index contributed by atoms with van der Waals surface area (Å²) in [6, 6.07) is 16.3. The van der Waals surface area contributed by atoms with Gasteiger partial charge in [-0.15, -0.1) is 0 Å². The molecule has 2 aromatic carbocycles. The van der Waals surface area contributed by atoms with E-state index in [1.54, 1.807) is 6.33 Å². The van der Waals surface area contributed by atoms with Crippen LogP contribution in [0.2, 0.25) is 0 Å². The summed E-state index contributed by atoms with van der Waals surface area (Å²) in [5.41, 5.74) is 12.6. The molecule has 7 heteroatoms. The molecule has 5 rings (SSSR count). The molecule has 1 saturated heterocycles. The number of likely N-dealkylation sites (tertiary alicyclic amines) is 1. The fourth-order valence-corrected chi connectivity index (χ4v) is 4.54. The van der Waals surface area contributed by atoms with Gasteiger partial charge in [0.1, 0.15) is 5.82 Å². The Morgan fingerprint density at radius 2 is 1.59 bits per heavy atom. The number of hydrogen-bond donors (Lipinski definition) is 3. The smallest absolute Gasteiger partial charge is 0.240 e. The monoisotopic (exact) mass is 454 g/mol. The number of H-pyrrole nitrogens is 2. The number of aromatic amines is 2. The largest absolute Gasteiger partial charge is 0.345 e. The standard InChI is InChI=1S/C27H30N6O/c1-17(2)25(28)27(34)33-13-3-4-24(33)26-30-15-23(32-26)21-11-7-19(8-12-21)18-5-9-20(10-6-18)22-14-29-16-31-22/h5-12,14-17,24-25H,3-4,13,28H2,1-2H3,(H,29,31)(H,30,32)/t24?,25-/m0/s1. The number of rotatable bonds is 6. The quantitative estimate of drug-likeness (QED) is 0.390. The Hall–Kier alpha value is -3.71. The van der Waals surface area contributed by atoms with E-state index in [0.29, 0.717) is 0 Å². The molecule has 0 spiro atoms. The molecule has 7 nitrogen and oxygen atoms in total. The third kappa shape index (κ3) is 4.26. The molecule has 3 heterocycles. The number of amides is 1. The Kier molecular flexibility index (Phi) is 6.02. The molecule has 34 heavy (non-hydrogen) atoms. The first-order chi connectivity index (χ1) is 16.5. The lowest BCUT2D eigenvalue weighted by Crippen LogP contribution is -2.46. The molecule has 2 atom stereocenters. The predicted molar refractivity (Wildman–Crippen MR) is 134 cm³/mol. The summed E-state index contributed by atoms with van der Waals surface area (Å²) >= 11 is 0. The van der Waals surface area contributed by atoms with Gasteiger partial charge in [0.15, 0.2) is 0 Å². The van der Waals surface area contributed by atoms with Crippen LogP contribution >= 0.6 is 0 Å². The van der Waals surface area contributed by atoms with Gasteiger partial charge in [-0.25, -0.2) is 9.97 Å². The summed E-state index contributed by atoms with van der Waals surface area (Å²) in [7, 11) is 0. The van der Waals surface area contributed by atoms with Crippen molar-refractivity contribution >= 4 is 5.91 Å². The fourth-order valence-electron chi connectivity index (χ4n) is 4.54. The van der Waals surface area contributed by atoms with Crippen LogP contribution in [0.5, 0.6) is 0 Å². The highest BCUT2D eigenvalue weighted by Gasteiger charge is 2.35. The van der Waals surface area contributed by atoms with Crippen LogP contribution in [0.3, 0.4) is 0 Å². The maximum atomic E-state index is 12.9. The second-order valence-corrected chi connectivity index (χ2v) is 9.26. The molecular weight excluding hydrogens is 424 g/mol. The summed E-state index contributed by atoms with van der Waals surface area (Å²) in [6.07, 6.45) is 7.22. The minimum absolute atomic E-state index is 0.0124. The van der Waals surface area contributed by atoms with Gasteiger partial charge < -0.3 is 20.6 Å². The van der Waals surface area contributed by atoms with Crippen molar-refractivity contribution in [2.24, 2.45) is 11.7 Å². The Morgan fingerprint density at radius 3 is 2.18 bits per heavy atom. The molecule has 1 amide bonds. The average molecular weight is 455 g/mol. The number of carbonyl (C=O) groups excluding carboxylic acids is 1. The third-order valence-corrected chi connectivity index (χ3v) is 6.67. The van der Waals surface area contributed by atoms with Crippen LogP contribution in [0.15, 0.2) is 67.3 Å². The van der Waals surface area contributed by atoms with Crippen molar-refractivity contribution in [3.8, 4) is 33.6 Å². The second-order valence-electron chi connectivity index (χ2n) is 9.26. The van der Waals surface area contributed by atoms with Gasteiger partial charge >= 0.3 is 0 Å². The van der Waals surface area contributed by atoms with Crippen molar-refractivity contribution in [2.75, 3.05) is 6.54 Å². The van der Waals surface area contributed by atoms with Crippen LogP contribution in [0.4, 0.5) is 0 Å². The first-order valence-electron chi connectivity index (χ1n) is 11.8. The molecule has 1 unspecified atom stereocenters. The molecule has 4 N–H and O–H groups in total. The topological polar surface area (TPSA) is 104 Å². The van der Waals surface area contributed by atoms with Crippen LogP contribution in [0, 0.1) is 5.92 Å². The minimum Gasteiger partial charge on any atom is -0.345 e. The number of nitrogens with zero attached hydrogens (tertiary/aromatic N) is 3. The van der Waals surface area contributed by atoms with Crippen LogP contribution in [0.1, 0.15) is 38.6 Å². The Bertz CT molecular complexity index is 1240. The fraction of sp³-hybridized carbons (Fsp3) is 0.296. The van der Waals surface area contributed by atoms with E-state index in [0.717, 1.165) is 58.9 Å². The van der Waals surface area contributed by atoms with E-state index in [-0.39, 0.29) is 17.9 Å². The lowest BCUT2D eigenvalue weighted by Gasteiger charge is -2.27. The zero-order valence-corrected chi connectivity index (χ0v) is 19.5. The highest BCUT2D eigenvalue weighted by molar-refractivity contribution is 5.82. The van der Waals surface area contributed by atoms with Gasteiger partial charge in [0.25, 0.3) is 0 Å². The normalized spacial score (nSPS) is 16.8. The number of imidazole rings is 2. The maximum absolute atomic E-state index is 12.9. The van der Waals surface area contributed by atoms with Gasteiger partial charge in [-0.1, -0.05) is 62.4 Å². The lowest BCUT2D eigenvalue weighted by atomic mass is 10.0. The second kappa shape index (κ2) is 9.27. The molecule has 0 bridgehead atoms. The van der Waals surface area contributed by atoms with Crippen LogP contribution in [-0.2, 0) is 4.79 Å². The molecule has 1 aliphatic rings. The molecule has 1 aliphatic heterocycles. The summed E-state index contributed by atoms with van der Waals surface area (Å²) in [4.78, 5) is 30.0. The summed E-state index contributed by atoms with van der Waals surface area (Å²) < 4.78 is 0. The van der Waals surface area contributed by atoms with E-state index in [1.807, 2.05) is 31.1 Å². The van der Waals surface area contributed by atoms with Crippen LogP contribution < -0.4 is 5.73 Å². The van der Waals surface area contributed by atoms with E-state index >= 15 is 0 Å². The van der Waals surface area contributed by atoms with E-state index in [4.69, 9.17) is 5.73 Å². The number of nitrogens with one attached hydrogen (secondary N) is 2. The van der Waals surface area contributed by atoms with Crippen molar-refractivity contribution in [1.82, 2.24) is 24.8 Å². The Balaban J connectivity index is 1.31. The van der Waals surface area contributed by atoms with Crippen LogP contribution in [0.25, 0.3) is 33.6 Å². The Morgan fingerprint density at radius 1 is 0.971 bits per heavy atom. The van der Waals surface area contributed by atoms with Gasteiger partial charge in [0, 0.05) is 6.54 Å². The molecule has 174 valence electrons. The predicted octanol–water partition coefficient (Wildman–Crippen LogP) is 4.78. The maximum Gasteiger partial charge on any atom is 0.240 e. The van der Waals surface area contributed by atoms with E-state index in [1.165, 1.54) is 0 Å². The van der Waals surface area contributed by atoms with Crippen molar-refractivity contribution in [1.29, 1.82) is 0 Å². The Labute approximate surface area is 199 Å². The number of aromatic nitrogens is 4. The zero-order chi connectivity index (χ0) is 23.7. The lowest BCUT2D eigenvalue weighted by molar-refractivity contribution is -0.134. The molecule has 0 saturated carbocycles. The van der Waals surface area contributed by atoms with Gasteiger partial charge in [-0.05, 0) is 41.0 Å². The minimum atomic E-state index is -0.476. The molecule has 4 aromatic rings. The SMILES string of the molecule is CC(C)[C@H](N)C(=O)N1CCCC1c1ncc(-c2ccc(-c3ccc(-c4cnc[nH]4)cc3)cc2)[nH]1. The summed E-state index contributed by atoms with van der Waals surface area (Å²) in [5.74, 6) is 0.953. The van der Waals surface area contributed by atoms with Crippen molar-refractivity contribution < 1.29 is 4.79 Å². The van der Waals surface area contributed by atoms with Gasteiger partial charge in [0.05, 0.1) is 42.2 Å². The third-order valence-electron chi connectivity index (χ3n) is 6.67. The van der Waals surface area contributed by atoms with E-state index < -0.39 is 6.04 Å². The van der Waals surface area contributed by atoms with Crippen molar-refractivity contribution in [3.05, 3.63) is 73.1 Å².